The minimum absolute atomic E-state index is 0.0663. The summed E-state index contributed by atoms with van der Waals surface area (Å²) in [5.74, 6) is -0.942. The molecule has 0 atom stereocenters. The molecule has 1 aliphatic heterocycles. The van der Waals surface area contributed by atoms with E-state index >= 15 is 0 Å². The maximum absolute atomic E-state index is 11.5. The van der Waals surface area contributed by atoms with Crippen LogP contribution in [-0.2, 0) is 4.74 Å². The van der Waals surface area contributed by atoms with Gasteiger partial charge < -0.3 is 15.6 Å². The Labute approximate surface area is 144 Å². The van der Waals surface area contributed by atoms with Crippen LogP contribution in [0.25, 0.3) is 11.0 Å². The molecule has 0 bridgehead atoms. The molecule has 1 saturated carbocycles. The summed E-state index contributed by atoms with van der Waals surface area (Å²) in [5.41, 5.74) is 6.32. The first-order chi connectivity index (χ1) is 12.1. The summed E-state index contributed by atoms with van der Waals surface area (Å²) < 4.78 is 7.17. The number of fused-ring (bicyclic) bond motifs is 1. The average molecular weight is 346 g/mol. The molecular weight excluding hydrogens is 324 g/mol. The molecule has 0 unspecified atom stereocenters. The number of nitrogens with two attached hydrogens (primary N) is 1. The highest BCUT2D eigenvalue weighted by molar-refractivity contribution is 6.04. The van der Waals surface area contributed by atoms with Crippen LogP contribution in [0.4, 0.5) is 5.82 Å². The molecule has 9 nitrogen and oxygen atoms in total. The van der Waals surface area contributed by atoms with Gasteiger partial charge in [0, 0.05) is 19.1 Å². The number of morpholine rings is 1. The van der Waals surface area contributed by atoms with Crippen molar-refractivity contribution in [2.75, 3.05) is 32.0 Å². The fourth-order valence-electron chi connectivity index (χ4n) is 4.01. The Hall–Kier alpha value is -2.26. The van der Waals surface area contributed by atoms with Crippen molar-refractivity contribution in [3.63, 3.8) is 0 Å². The second-order valence-electron chi connectivity index (χ2n) is 6.67. The first-order valence-corrected chi connectivity index (χ1v) is 8.69. The number of rotatable bonds is 3. The lowest BCUT2D eigenvalue weighted by atomic mass is 9.90. The van der Waals surface area contributed by atoms with Crippen LogP contribution in [0.5, 0.6) is 0 Å². The summed E-state index contributed by atoms with van der Waals surface area (Å²) in [6, 6.07) is 0.711. The van der Waals surface area contributed by atoms with Crippen molar-refractivity contribution < 1.29 is 14.6 Å². The monoisotopic (exact) mass is 346 g/mol. The molecule has 9 heteroatoms. The van der Waals surface area contributed by atoms with Crippen LogP contribution >= 0.6 is 0 Å². The molecule has 1 saturated heterocycles. The lowest BCUT2D eigenvalue weighted by Gasteiger charge is -2.38. The zero-order valence-corrected chi connectivity index (χ0v) is 14.0. The maximum Gasteiger partial charge on any atom is 0.357 e. The van der Waals surface area contributed by atoms with Gasteiger partial charge in [0.25, 0.3) is 0 Å². The van der Waals surface area contributed by atoms with Crippen molar-refractivity contribution in [2.45, 2.75) is 37.8 Å². The molecule has 0 radical (unpaired) electrons. The molecule has 2 aromatic heterocycles. The molecule has 4 rings (SSSR count). The van der Waals surface area contributed by atoms with E-state index < -0.39 is 5.97 Å². The van der Waals surface area contributed by atoms with E-state index in [2.05, 4.69) is 20.0 Å². The molecule has 25 heavy (non-hydrogen) atoms. The molecule has 1 aliphatic carbocycles. The molecule has 0 spiro atoms. The number of aromatic nitrogens is 4. The number of ether oxygens (including phenoxy) is 1. The summed E-state index contributed by atoms with van der Waals surface area (Å²) in [5, 5.41) is 14.1. The SMILES string of the molecule is Nc1ncnc2c1c(C(=O)O)nn2C1CCC(N2CCOCC2)CC1. The number of carboxylic acids is 1. The van der Waals surface area contributed by atoms with Crippen molar-refractivity contribution in [1.29, 1.82) is 0 Å². The predicted octanol–water partition coefficient (Wildman–Crippen LogP) is 0.923. The molecular formula is C16H22N6O3. The largest absolute Gasteiger partial charge is 0.476 e. The van der Waals surface area contributed by atoms with Crippen LogP contribution in [0.3, 0.4) is 0 Å². The Bertz CT molecular complexity index is 778. The van der Waals surface area contributed by atoms with Crippen molar-refractivity contribution in [3.05, 3.63) is 12.0 Å². The van der Waals surface area contributed by atoms with Crippen molar-refractivity contribution >= 4 is 22.8 Å². The third-order valence-corrected chi connectivity index (χ3v) is 5.29. The van der Waals surface area contributed by atoms with Gasteiger partial charge in [-0.2, -0.15) is 5.10 Å². The molecule has 3 heterocycles. The lowest BCUT2D eigenvalue weighted by molar-refractivity contribution is 0.00518. The van der Waals surface area contributed by atoms with Crippen LogP contribution in [-0.4, -0.2) is 68.1 Å². The Morgan fingerprint density at radius 2 is 1.84 bits per heavy atom. The van der Waals surface area contributed by atoms with E-state index in [0.717, 1.165) is 52.0 Å². The van der Waals surface area contributed by atoms with Crippen LogP contribution in [0.15, 0.2) is 6.33 Å². The highest BCUT2D eigenvalue weighted by Crippen LogP contribution is 2.34. The van der Waals surface area contributed by atoms with Gasteiger partial charge in [-0.1, -0.05) is 0 Å². The van der Waals surface area contributed by atoms with Gasteiger partial charge in [-0.25, -0.2) is 19.4 Å². The summed E-state index contributed by atoms with van der Waals surface area (Å²) in [4.78, 5) is 22.2. The third-order valence-electron chi connectivity index (χ3n) is 5.29. The number of aromatic carboxylic acids is 1. The predicted molar refractivity (Wildman–Crippen MR) is 90.4 cm³/mol. The van der Waals surface area contributed by atoms with E-state index in [1.54, 1.807) is 4.68 Å². The molecule has 0 amide bonds. The number of nitrogens with zero attached hydrogens (tertiary/aromatic N) is 5. The van der Waals surface area contributed by atoms with Gasteiger partial charge in [-0.3, -0.25) is 4.90 Å². The maximum atomic E-state index is 11.5. The van der Waals surface area contributed by atoms with Crippen molar-refractivity contribution in [3.8, 4) is 0 Å². The van der Waals surface area contributed by atoms with Gasteiger partial charge in [0.1, 0.15) is 12.1 Å². The molecule has 134 valence electrons. The summed E-state index contributed by atoms with van der Waals surface area (Å²) >= 11 is 0. The van der Waals surface area contributed by atoms with Gasteiger partial charge in [0.15, 0.2) is 11.3 Å². The van der Waals surface area contributed by atoms with E-state index in [-0.39, 0.29) is 17.6 Å². The molecule has 0 aromatic carbocycles. The molecule has 2 aromatic rings. The summed E-state index contributed by atoms with van der Waals surface area (Å²) in [6.07, 6.45) is 5.38. The highest BCUT2D eigenvalue weighted by Gasteiger charge is 2.30. The standard InChI is InChI=1S/C16H22N6O3/c17-14-12-13(16(23)24)20-22(15(12)19-9-18-14)11-3-1-10(2-4-11)21-5-7-25-8-6-21/h9-11H,1-8H2,(H,23,24)(H2,17,18,19). The second kappa shape index (κ2) is 6.57. The van der Waals surface area contributed by atoms with E-state index in [1.165, 1.54) is 6.33 Å². The Kier molecular flexibility index (Phi) is 4.26. The summed E-state index contributed by atoms with van der Waals surface area (Å²) in [7, 11) is 0. The number of carbonyl (C=O) groups is 1. The fourth-order valence-corrected chi connectivity index (χ4v) is 4.01. The van der Waals surface area contributed by atoms with Crippen LogP contribution in [0, 0.1) is 0 Å². The van der Waals surface area contributed by atoms with Gasteiger partial charge in [0.2, 0.25) is 0 Å². The van der Waals surface area contributed by atoms with Crippen LogP contribution < -0.4 is 5.73 Å². The topological polar surface area (TPSA) is 119 Å². The van der Waals surface area contributed by atoms with Gasteiger partial charge in [-0.05, 0) is 25.7 Å². The van der Waals surface area contributed by atoms with E-state index in [0.29, 0.717) is 17.1 Å². The van der Waals surface area contributed by atoms with E-state index in [4.69, 9.17) is 10.5 Å². The zero-order chi connectivity index (χ0) is 17.4. The van der Waals surface area contributed by atoms with E-state index in [9.17, 15) is 9.90 Å². The minimum atomic E-state index is -1.10. The fraction of sp³-hybridized carbons (Fsp3) is 0.625. The van der Waals surface area contributed by atoms with Crippen molar-refractivity contribution in [2.24, 2.45) is 0 Å². The van der Waals surface area contributed by atoms with Gasteiger partial charge >= 0.3 is 5.97 Å². The zero-order valence-electron chi connectivity index (χ0n) is 14.0. The first-order valence-electron chi connectivity index (χ1n) is 8.69. The number of hydrogen-bond acceptors (Lipinski definition) is 7. The highest BCUT2D eigenvalue weighted by atomic mass is 16.5. The number of hydrogen-bond donors (Lipinski definition) is 2. The lowest BCUT2D eigenvalue weighted by Crippen LogP contribution is -2.45. The molecule has 2 aliphatic rings. The number of anilines is 1. The molecule has 2 fully saturated rings. The van der Waals surface area contributed by atoms with Crippen molar-refractivity contribution in [1.82, 2.24) is 24.6 Å². The van der Waals surface area contributed by atoms with E-state index in [1.807, 2.05) is 0 Å². The Balaban J connectivity index is 1.57. The quantitative estimate of drug-likeness (QED) is 0.842. The van der Waals surface area contributed by atoms with Gasteiger partial charge in [0.05, 0.1) is 24.6 Å². The van der Waals surface area contributed by atoms with Crippen LogP contribution in [0.2, 0.25) is 0 Å². The Morgan fingerprint density at radius 3 is 2.52 bits per heavy atom. The number of carboxylic acid groups (broad SMARTS) is 1. The van der Waals surface area contributed by atoms with Gasteiger partial charge in [-0.15, -0.1) is 0 Å². The Morgan fingerprint density at radius 1 is 1.16 bits per heavy atom. The third kappa shape index (κ3) is 2.93. The summed E-state index contributed by atoms with van der Waals surface area (Å²) in [6.45, 7) is 3.60. The smallest absolute Gasteiger partial charge is 0.357 e. The molecule has 3 N–H and O–H groups in total. The minimum Gasteiger partial charge on any atom is -0.476 e. The second-order valence-corrected chi connectivity index (χ2v) is 6.67. The average Bonchev–Trinajstić information content (AvgIpc) is 3.04. The first kappa shape index (κ1) is 16.2. The normalized spacial score (nSPS) is 25.3. The van der Waals surface area contributed by atoms with Crippen LogP contribution in [0.1, 0.15) is 42.2 Å². The number of nitrogen functional groups attached to an aromatic ring is 1.